The Hall–Kier alpha value is -2.41. The lowest BCUT2D eigenvalue weighted by Crippen LogP contribution is -2.17. The molecule has 1 aromatic heterocycles. The minimum Gasteiger partial charge on any atom is -0.311 e. The fraction of sp³-hybridized carbons (Fsp3) is 0.0952. The van der Waals surface area contributed by atoms with Crippen LogP contribution in [0.3, 0.4) is 0 Å². The molecule has 0 saturated carbocycles. The van der Waals surface area contributed by atoms with Gasteiger partial charge < -0.3 is 4.57 Å². The predicted molar refractivity (Wildman–Crippen MR) is 131 cm³/mol. The van der Waals surface area contributed by atoms with Crippen molar-refractivity contribution < 1.29 is 0 Å². The minimum atomic E-state index is -0.337. The highest BCUT2D eigenvalue weighted by molar-refractivity contribution is 14.1. The SMILES string of the molecule is O=c1nc2c3ncn(Cc4ccccc4I)c3ncnc-2n1Cc1cccc(I)c1. The maximum Gasteiger partial charge on any atom is 0.350 e. The molecule has 0 unspecified atom stereocenters. The molecule has 0 bridgehead atoms. The average Bonchev–Trinajstić information content (AvgIpc) is 3.19. The number of hydrogen-bond donors (Lipinski definition) is 0. The molecule has 7 nitrogen and oxygen atoms in total. The fourth-order valence-electron chi connectivity index (χ4n) is 3.42. The zero-order valence-electron chi connectivity index (χ0n) is 15.5. The molecule has 0 saturated heterocycles. The van der Waals surface area contributed by atoms with Crippen LogP contribution in [0.5, 0.6) is 0 Å². The van der Waals surface area contributed by atoms with Crippen LogP contribution in [0.2, 0.25) is 0 Å². The number of halogens is 2. The van der Waals surface area contributed by atoms with E-state index >= 15 is 0 Å². The summed E-state index contributed by atoms with van der Waals surface area (Å²) in [5.41, 5.74) is 3.54. The van der Waals surface area contributed by atoms with Gasteiger partial charge in [-0.05, 0) is 74.5 Å². The van der Waals surface area contributed by atoms with Gasteiger partial charge in [0.1, 0.15) is 17.5 Å². The number of benzene rings is 2. The average molecular weight is 620 g/mol. The molecule has 148 valence electrons. The summed E-state index contributed by atoms with van der Waals surface area (Å²) in [5, 5.41) is 0. The lowest BCUT2D eigenvalue weighted by molar-refractivity contribution is 0.757. The summed E-state index contributed by atoms with van der Waals surface area (Å²) >= 11 is 4.58. The Morgan fingerprint density at radius 2 is 1.80 bits per heavy atom. The van der Waals surface area contributed by atoms with E-state index in [1.54, 1.807) is 10.9 Å². The summed E-state index contributed by atoms with van der Waals surface area (Å²) < 4.78 is 5.81. The van der Waals surface area contributed by atoms with Crippen LogP contribution in [0.1, 0.15) is 11.1 Å². The highest BCUT2D eigenvalue weighted by Gasteiger charge is 2.21. The Morgan fingerprint density at radius 3 is 2.63 bits per heavy atom. The largest absolute Gasteiger partial charge is 0.350 e. The topological polar surface area (TPSA) is 78.5 Å². The van der Waals surface area contributed by atoms with Crippen LogP contribution in [-0.4, -0.2) is 29.1 Å². The van der Waals surface area contributed by atoms with Gasteiger partial charge in [-0.25, -0.2) is 19.7 Å². The Kier molecular flexibility index (Phi) is 5.23. The van der Waals surface area contributed by atoms with Gasteiger partial charge in [-0.1, -0.05) is 30.3 Å². The number of fused-ring (bicyclic) bond motifs is 3. The molecular weight excluding hydrogens is 606 g/mol. The van der Waals surface area contributed by atoms with Crippen LogP contribution in [0.4, 0.5) is 0 Å². The van der Waals surface area contributed by atoms with Gasteiger partial charge >= 0.3 is 5.69 Å². The maximum absolute atomic E-state index is 12.7. The van der Waals surface area contributed by atoms with E-state index in [0.717, 1.165) is 9.13 Å². The first-order valence-corrected chi connectivity index (χ1v) is 11.3. The number of nitrogens with zero attached hydrogens (tertiary/aromatic N) is 6. The molecule has 30 heavy (non-hydrogen) atoms. The van der Waals surface area contributed by atoms with Crippen molar-refractivity contribution in [1.82, 2.24) is 29.1 Å². The van der Waals surface area contributed by atoms with Crippen molar-refractivity contribution in [2.75, 3.05) is 0 Å². The van der Waals surface area contributed by atoms with Crippen LogP contribution in [0.15, 0.2) is 66.0 Å². The summed E-state index contributed by atoms with van der Waals surface area (Å²) in [7, 11) is 0. The van der Waals surface area contributed by atoms with Crippen molar-refractivity contribution in [2.24, 2.45) is 0 Å². The maximum atomic E-state index is 12.7. The van der Waals surface area contributed by atoms with Gasteiger partial charge in [0.05, 0.1) is 19.4 Å². The highest BCUT2D eigenvalue weighted by Crippen LogP contribution is 2.24. The molecule has 0 radical (unpaired) electrons. The van der Waals surface area contributed by atoms with Gasteiger partial charge in [0.2, 0.25) is 0 Å². The van der Waals surface area contributed by atoms with Crippen molar-refractivity contribution in [1.29, 1.82) is 0 Å². The van der Waals surface area contributed by atoms with E-state index in [1.165, 1.54) is 15.5 Å². The van der Waals surface area contributed by atoms with E-state index in [4.69, 9.17) is 0 Å². The van der Waals surface area contributed by atoms with Crippen LogP contribution < -0.4 is 5.69 Å². The molecule has 0 spiro atoms. The molecule has 0 fully saturated rings. The van der Waals surface area contributed by atoms with Crippen molar-refractivity contribution in [3.8, 4) is 11.5 Å². The van der Waals surface area contributed by atoms with Gasteiger partial charge in [0.25, 0.3) is 0 Å². The Bertz CT molecular complexity index is 1410. The van der Waals surface area contributed by atoms with E-state index in [1.807, 2.05) is 41.0 Å². The van der Waals surface area contributed by atoms with Gasteiger partial charge in [-0.15, -0.1) is 0 Å². The highest BCUT2D eigenvalue weighted by atomic mass is 127. The van der Waals surface area contributed by atoms with E-state index in [9.17, 15) is 4.79 Å². The smallest absolute Gasteiger partial charge is 0.311 e. The summed E-state index contributed by atoms with van der Waals surface area (Å²) in [4.78, 5) is 30.4. The zero-order valence-corrected chi connectivity index (χ0v) is 19.9. The first-order valence-electron chi connectivity index (χ1n) is 9.14. The third-order valence-electron chi connectivity index (χ3n) is 4.83. The van der Waals surface area contributed by atoms with Gasteiger partial charge in [0.15, 0.2) is 11.5 Å². The monoisotopic (exact) mass is 620 g/mol. The predicted octanol–water partition coefficient (Wildman–Crippen LogP) is 3.79. The van der Waals surface area contributed by atoms with E-state index in [-0.39, 0.29) is 5.69 Å². The van der Waals surface area contributed by atoms with Crippen molar-refractivity contribution >= 4 is 56.3 Å². The molecule has 0 atom stereocenters. The second-order valence-corrected chi connectivity index (χ2v) is 9.20. The van der Waals surface area contributed by atoms with Gasteiger partial charge in [-0.3, -0.25) is 4.57 Å². The second-order valence-electron chi connectivity index (χ2n) is 6.79. The molecule has 3 heterocycles. The van der Waals surface area contributed by atoms with E-state index < -0.39 is 0 Å². The molecule has 3 aromatic rings. The van der Waals surface area contributed by atoms with Crippen LogP contribution in [-0.2, 0) is 13.1 Å². The van der Waals surface area contributed by atoms with Crippen LogP contribution in [0.25, 0.3) is 22.7 Å². The van der Waals surface area contributed by atoms with Crippen molar-refractivity contribution in [3.05, 3.63) is 89.9 Å². The molecule has 0 N–H and O–H groups in total. The molecule has 0 amide bonds. The number of aromatic nitrogens is 6. The second kappa shape index (κ2) is 8.02. The summed E-state index contributed by atoms with van der Waals surface area (Å²) in [6, 6.07) is 16.2. The first-order chi connectivity index (χ1) is 14.6. The molecule has 9 heteroatoms. The number of rotatable bonds is 4. The third kappa shape index (κ3) is 3.60. The summed E-state index contributed by atoms with van der Waals surface area (Å²) in [6.45, 7) is 1.02. The standard InChI is InChI=1S/C21H14I2N6O/c22-15-6-3-4-13(8-15)9-29-20-18(27-21(29)30)17-19(24-11-25-20)28(12-26-17)10-14-5-1-2-7-16(14)23/h1-8,11-12H,9-10H2. The zero-order chi connectivity index (χ0) is 20.7. The molecule has 2 aromatic carbocycles. The third-order valence-corrected chi connectivity index (χ3v) is 6.55. The lowest BCUT2D eigenvalue weighted by Gasteiger charge is -2.05. The van der Waals surface area contributed by atoms with Crippen LogP contribution in [0, 0.1) is 7.14 Å². The Morgan fingerprint density at radius 1 is 0.933 bits per heavy atom. The molecule has 0 aliphatic carbocycles. The first kappa shape index (κ1) is 19.5. The minimum absolute atomic E-state index is 0.337. The lowest BCUT2D eigenvalue weighted by atomic mass is 10.2. The Labute approximate surface area is 198 Å². The van der Waals surface area contributed by atoms with E-state index in [2.05, 4.69) is 77.3 Å². The molecule has 2 aliphatic rings. The Balaban J connectivity index is 1.59. The van der Waals surface area contributed by atoms with E-state index in [0.29, 0.717) is 35.8 Å². The fourth-order valence-corrected chi connectivity index (χ4v) is 4.58. The van der Waals surface area contributed by atoms with Gasteiger partial charge in [0, 0.05) is 7.14 Å². The molecular formula is C21H14I2N6O. The number of hydrogen-bond acceptors (Lipinski definition) is 5. The van der Waals surface area contributed by atoms with Crippen LogP contribution >= 0.6 is 45.2 Å². The summed E-state index contributed by atoms with van der Waals surface area (Å²) in [5.74, 6) is 0.487. The number of imidazole rings is 2. The normalized spacial score (nSPS) is 11.4. The van der Waals surface area contributed by atoms with Crippen molar-refractivity contribution in [3.63, 3.8) is 0 Å². The quantitative estimate of drug-likeness (QED) is 0.286. The van der Waals surface area contributed by atoms with Gasteiger partial charge in [-0.2, -0.15) is 4.98 Å². The summed E-state index contributed by atoms with van der Waals surface area (Å²) in [6.07, 6.45) is 3.22. The molecule has 5 rings (SSSR count). The molecule has 2 aliphatic heterocycles. The van der Waals surface area contributed by atoms with Crippen molar-refractivity contribution in [2.45, 2.75) is 13.1 Å².